The van der Waals surface area contributed by atoms with E-state index in [0.29, 0.717) is 22.3 Å². The molecule has 3 heterocycles. The van der Waals surface area contributed by atoms with Crippen molar-refractivity contribution < 1.29 is 17.9 Å². The van der Waals surface area contributed by atoms with Gasteiger partial charge in [-0.05, 0) is 82.0 Å². The van der Waals surface area contributed by atoms with Gasteiger partial charge in [0.2, 0.25) is 5.90 Å². The van der Waals surface area contributed by atoms with Crippen molar-refractivity contribution in [2.45, 2.75) is 38.8 Å². The van der Waals surface area contributed by atoms with E-state index in [2.05, 4.69) is 26.8 Å². The van der Waals surface area contributed by atoms with Gasteiger partial charge >= 0.3 is 5.69 Å². The first-order chi connectivity index (χ1) is 19.2. The molecule has 3 N–H and O–H groups in total. The van der Waals surface area contributed by atoms with Crippen LogP contribution in [0, 0.1) is 11.2 Å². The van der Waals surface area contributed by atoms with Crippen molar-refractivity contribution in [3.8, 4) is 0 Å². The largest absolute Gasteiger partial charge is 0.470 e. The van der Waals surface area contributed by atoms with Crippen LogP contribution in [-0.4, -0.2) is 71.0 Å². The highest BCUT2D eigenvalue weighted by molar-refractivity contribution is 5.93. The monoisotopic (exact) mass is 558 g/mol. The Labute approximate surface area is 229 Å². The number of rotatable bonds is 8. The van der Waals surface area contributed by atoms with E-state index in [4.69, 9.17) is 15.9 Å². The van der Waals surface area contributed by atoms with E-state index in [9.17, 15) is 18.0 Å². The van der Waals surface area contributed by atoms with Gasteiger partial charge in [-0.15, -0.1) is 5.10 Å². The molecule has 10 nitrogen and oxygen atoms in total. The number of allylic oxidation sites excluding steroid dienone is 1. The second-order valence-electron chi connectivity index (χ2n) is 9.25. The molecule has 1 aliphatic heterocycles. The molecule has 40 heavy (non-hydrogen) atoms. The van der Waals surface area contributed by atoms with Gasteiger partial charge in [0.05, 0.1) is 28.8 Å². The molecule has 1 saturated heterocycles. The summed E-state index contributed by atoms with van der Waals surface area (Å²) in [6, 6.07) is 7.60. The maximum absolute atomic E-state index is 14.1. The Morgan fingerprint density at radius 2 is 2.00 bits per heavy atom. The minimum Gasteiger partial charge on any atom is -0.470 e. The van der Waals surface area contributed by atoms with Crippen LogP contribution in [0.3, 0.4) is 0 Å². The SMILES string of the molecule is C/C(C=N)=C/N.C=N/N=C(\OCC(F)F)c1ccc(Cn2c(=O)n(C3CCN(C)CC3)c3ccc(F)cc32)nc1. The molecule has 0 saturated carbocycles. The first-order valence-corrected chi connectivity index (χ1v) is 12.6. The third-order valence-electron chi connectivity index (χ3n) is 6.37. The summed E-state index contributed by atoms with van der Waals surface area (Å²) < 4.78 is 47.3. The molecule has 1 aromatic carbocycles. The van der Waals surface area contributed by atoms with Crippen LogP contribution in [0.15, 0.2) is 63.3 Å². The molecule has 2 aromatic heterocycles. The summed E-state index contributed by atoms with van der Waals surface area (Å²) >= 11 is 0. The summed E-state index contributed by atoms with van der Waals surface area (Å²) in [5, 5.41) is 13.5. The Morgan fingerprint density at radius 1 is 1.27 bits per heavy atom. The molecular formula is C27H33F3N8O2. The molecule has 0 amide bonds. The van der Waals surface area contributed by atoms with Crippen LogP contribution in [0.5, 0.6) is 0 Å². The molecule has 0 aliphatic carbocycles. The van der Waals surface area contributed by atoms with Crippen molar-refractivity contribution in [2.24, 2.45) is 15.9 Å². The van der Waals surface area contributed by atoms with Crippen molar-refractivity contribution >= 4 is 29.9 Å². The predicted octanol–water partition coefficient (Wildman–Crippen LogP) is 3.79. The first-order valence-electron chi connectivity index (χ1n) is 12.6. The van der Waals surface area contributed by atoms with E-state index < -0.39 is 18.8 Å². The van der Waals surface area contributed by atoms with Crippen LogP contribution in [0.25, 0.3) is 11.0 Å². The average Bonchev–Trinajstić information content (AvgIpc) is 3.21. The molecule has 0 atom stereocenters. The van der Waals surface area contributed by atoms with Gasteiger partial charge in [0, 0.05) is 25.2 Å². The third kappa shape index (κ3) is 7.65. The van der Waals surface area contributed by atoms with E-state index in [-0.39, 0.29) is 24.2 Å². The van der Waals surface area contributed by atoms with Gasteiger partial charge in [-0.2, -0.15) is 5.10 Å². The molecule has 1 aliphatic rings. The van der Waals surface area contributed by atoms with Gasteiger partial charge in [0.1, 0.15) is 5.82 Å². The minimum atomic E-state index is -2.67. The van der Waals surface area contributed by atoms with Crippen molar-refractivity contribution in [1.29, 1.82) is 5.41 Å². The number of nitrogens with one attached hydrogen (secondary N) is 1. The molecule has 0 unspecified atom stereocenters. The predicted molar refractivity (Wildman–Crippen MR) is 150 cm³/mol. The lowest BCUT2D eigenvalue weighted by Gasteiger charge is -2.29. The summed E-state index contributed by atoms with van der Waals surface area (Å²) in [7, 11) is 2.05. The van der Waals surface area contributed by atoms with Crippen molar-refractivity contribution in [2.75, 3.05) is 26.7 Å². The van der Waals surface area contributed by atoms with Gasteiger partial charge in [-0.3, -0.25) is 14.1 Å². The lowest BCUT2D eigenvalue weighted by molar-refractivity contribution is 0.0765. The zero-order chi connectivity index (χ0) is 29.2. The zero-order valence-electron chi connectivity index (χ0n) is 22.4. The quantitative estimate of drug-likeness (QED) is 0.247. The topological polar surface area (TPSA) is 127 Å². The van der Waals surface area contributed by atoms with Gasteiger partial charge in [0.25, 0.3) is 6.43 Å². The molecule has 3 aromatic rings. The first kappa shape index (κ1) is 30.3. The Balaban J connectivity index is 0.000000663. The van der Waals surface area contributed by atoms with Crippen molar-refractivity contribution in [3.05, 3.63) is 75.9 Å². The second-order valence-corrected chi connectivity index (χ2v) is 9.25. The van der Waals surface area contributed by atoms with E-state index in [1.54, 1.807) is 29.7 Å². The number of fused-ring (bicyclic) bond motifs is 1. The second kappa shape index (κ2) is 14.2. The fourth-order valence-electron chi connectivity index (χ4n) is 4.24. The highest BCUT2D eigenvalue weighted by atomic mass is 19.3. The van der Waals surface area contributed by atoms with E-state index in [1.165, 1.54) is 35.3 Å². The number of halogens is 3. The summed E-state index contributed by atoms with van der Waals surface area (Å²) in [5.74, 6) is -0.563. The number of likely N-dealkylation sites (tertiary alicyclic amines) is 1. The van der Waals surface area contributed by atoms with Crippen LogP contribution in [0.4, 0.5) is 13.2 Å². The van der Waals surface area contributed by atoms with E-state index in [0.717, 1.165) is 31.5 Å². The number of hydrogen-bond acceptors (Lipinski definition) is 8. The molecule has 1 fully saturated rings. The van der Waals surface area contributed by atoms with Crippen LogP contribution in [0.1, 0.15) is 37.1 Å². The Morgan fingerprint density at radius 3 is 2.55 bits per heavy atom. The zero-order valence-corrected chi connectivity index (χ0v) is 22.4. The van der Waals surface area contributed by atoms with Crippen molar-refractivity contribution in [3.63, 3.8) is 0 Å². The fourth-order valence-corrected chi connectivity index (χ4v) is 4.24. The Kier molecular flexibility index (Phi) is 10.8. The lowest BCUT2D eigenvalue weighted by atomic mass is 10.1. The summed E-state index contributed by atoms with van der Waals surface area (Å²) in [6.07, 6.45) is 2.99. The highest BCUT2D eigenvalue weighted by Gasteiger charge is 2.24. The average molecular weight is 559 g/mol. The van der Waals surface area contributed by atoms with E-state index in [1.807, 2.05) is 7.05 Å². The van der Waals surface area contributed by atoms with Crippen molar-refractivity contribution in [1.82, 2.24) is 19.0 Å². The number of piperidine rings is 1. The molecule has 0 bridgehead atoms. The molecule has 214 valence electrons. The normalized spacial score (nSPS) is 15.2. The standard InChI is InChI=1S/C23H25F3N6O2.C4H8N2/c1-27-29-22(34-14-21(25)26)15-3-5-17(28-12-15)13-31-20-11-16(24)4-6-19(20)32(23(31)33)18-7-9-30(2)10-8-18;1-4(2-5)3-6/h3-6,11-12,18,21H,1,7-10,13-14H2,2H3;2-3,5H,6H2,1H3/b29-22-;4-3-,5-2?. The maximum Gasteiger partial charge on any atom is 0.329 e. The summed E-state index contributed by atoms with van der Waals surface area (Å²) in [4.78, 5) is 20.0. The van der Waals surface area contributed by atoms with Crippen LogP contribution in [-0.2, 0) is 11.3 Å². The van der Waals surface area contributed by atoms with Crippen LogP contribution in [0.2, 0.25) is 0 Å². The van der Waals surface area contributed by atoms with E-state index >= 15 is 0 Å². The smallest absolute Gasteiger partial charge is 0.329 e. The number of alkyl halides is 2. The van der Waals surface area contributed by atoms with Gasteiger partial charge < -0.3 is 20.8 Å². The number of pyridine rings is 1. The summed E-state index contributed by atoms with van der Waals surface area (Å²) in [6.45, 7) is 6.02. The molecule has 0 spiro atoms. The number of nitrogens with two attached hydrogens (primary N) is 1. The van der Waals surface area contributed by atoms with Gasteiger partial charge in [0.15, 0.2) is 6.61 Å². The minimum absolute atomic E-state index is 0.0328. The fraction of sp³-hybridized carbons (Fsp3) is 0.370. The molecular weight excluding hydrogens is 525 g/mol. The molecule has 4 rings (SSSR count). The lowest BCUT2D eigenvalue weighted by Crippen LogP contribution is -2.36. The number of nitrogens with zero attached hydrogens (tertiary/aromatic N) is 6. The van der Waals surface area contributed by atoms with Crippen LogP contribution < -0.4 is 11.4 Å². The highest BCUT2D eigenvalue weighted by Crippen LogP contribution is 2.26. The number of imidazole rings is 1. The maximum atomic E-state index is 14.1. The molecule has 13 heteroatoms. The third-order valence-corrected chi connectivity index (χ3v) is 6.37. The molecule has 0 radical (unpaired) electrons. The Bertz CT molecular complexity index is 1420. The number of aromatic nitrogens is 3. The number of ether oxygens (including phenoxy) is 1. The summed E-state index contributed by atoms with van der Waals surface area (Å²) in [5.41, 5.74) is 7.57. The van der Waals surface area contributed by atoms with Gasteiger partial charge in [-0.1, -0.05) is 0 Å². The number of benzene rings is 1. The Hall–Kier alpha value is -4.26. The number of hydrogen-bond donors (Lipinski definition) is 2. The van der Waals surface area contributed by atoms with Crippen LogP contribution >= 0.6 is 0 Å². The van der Waals surface area contributed by atoms with Gasteiger partial charge in [-0.25, -0.2) is 18.0 Å².